The Morgan fingerprint density at radius 3 is 2.18 bits per heavy atom. The van der Waals surface area contributed by atoms with Gasteiger partial charge in [0.25, 0.3) is 0 Å². The third-order valence-corrected chi connectivity index (χ3v) is 9.22. The van der Waals surface area contributed by atoms with Gasteiger partial charge in [-0.15, -0.1) is 0 Å². The van der Waals surface area contributed by atoms with Gasteiger partial charge in [0, 0.05) is 22.5 Å². The van der Waals surface area contributed by atoms with Crippen LogP contribution in [0.15, 0.2) is 24.3 Å². The van der Waals surface area contributed by atoms with Crippen molar-refractivity contribution in [2.75, 3.05) is 0 Å². The average Bonchev–Trinajstić information content (AvgIpc) is 3.37. The largest absolute Gasteiger partial charge is 0.388 e. The lowest BCUT2D eigenvalue weighted by Crippen LogP contribution is -2.39. The van der Waals surface area contributed by atoms with Crippen molar-refractivity contribution in [3.05, 3.63) is 63.5 Å². The number of fused-ring (bicyclic) bond motifs is 4. The Hall–Kier alpha value is -1.71. The van der Waals surface area contributed by atoms with Crippen LogP contribution < -0.4 is 0 Å². The lowest BCUT2D eigenvalue weighted by Gasteiger charge is -2.47. The Morgan fingerprint density at radius 2 is 1.61 bits per heavy atom. The van der Waals surface area contributed by atoms with Crippen molar-refractivity contribution in [1.29, 1.82) is 0 Å². The average molecular weight is 446 g/mol. The summed E-state index contributed by atoms with van der Waals surface area (Å²) < 4.78 is 7.11. The van der Waals surface area contributed by atoms with E-state index in [1.165, 1.54) is 65.7 Å². The van der Waals surface area contributed by atoms with E-state index in [0.717, 1.165) is 31.2 Å². The molecule has 1 aromatic heterocycles. The van der Waals surface area contributed by atoms with E-state index in [1.54, 1.807) is 0 Å². The predicted molar refractivity (Wildman–Crippen MR) is 131 cm³/mol. The second kappa shape index (κ2) is 7.65. The molecule has 2 aromatic rings. The number of hydrogen-bond donors (Lipinski definition) is 1. The molecule has 0 amide bonds. The molecule has 1 aromatic carbocycles. The summed E-state index contributed by atoms with van der Waals surface area (Å²) in [4.78, 5) is 5.35. The van der Waals surface area contributed by atoms with Gasteiger partial charge in [-0.3, -0.25) is 4.98 Å². The fourth-order valence-corrected chi connectivity index (χ4v) is 7.32. The van der Waals surface area contributed by atoms with Crippen LogP contribution in [0.4, 0.5) is 0 Å². The SMILES string of the molecule is CC(C)c1ccc(C2OC3(CCCC3)c3c2c(C(C)C)nc2c3[C@@H](O)CC3(CCC3)C2)cc1. The molecule has 2 spiro atoms. The zero-order chi connectivity index (χ0) is 23.0. The number of benzene rings is 1. The maximum atomic E-state index is 11.6. The molecule has 3 nitrogen and oxygen atoms in total. The lowest BCUT2D eigenvalue weighted by atomic mass is 9.59. The third kappa shape index (κ3) is 3.26. The molecule has 2 fully saturated rings. The number of aliphatic hydroxyl groups excluding tert-OH is 1. The summed E-state index contributed by atoms with van der Waals surface area (Å²) in [5.41, 5.74) is 8.79. The van der Waals surface area contributed by atoms with Crippen molar-refractivity contribution >= 4 is 0 Å². The first-order valence-electron chi connectivity index (χ1n) is 13.4. The van der Waals surface area contributed by atoms with E-state index in [1.807, 2.05) is 0 Å². The maximum Gasteiger partial charge on any atom is 0.111 e. The fourth-order valence-electron chi connectivity index (χ4n) is 7.32. The summed E-state index contributed by atoms with van der Waals surface area (Å²) in [7, 11) is 0. The molecule has 1 unspecified atom stereocenters. The number of rotatable bonds is 3. The van der Waals surface area contributed by atoms with Gasteiger partial charge in [-0.2, -0.15) is 0 Å². The van der Waals surface area contributed by atoms with Crippen LogP contribution in [0.1, 0.15) is 142 Å². The van der Waals surface area contributed by atoms with Crippen molar-refractivity contribution in [3.63, 3.8) is 0 Å². The molecular formula is C30H39NO2. The highest BCUT2D eigenvalue weighted by atomic mass is 16.5. The van der Waals surface area contributed by atoms with Gasteiger partial charge in [0.2, 0.25) is 0 Å². The van der Waals surface area contributed by atoms with Crippen LogP contribution in [0, 0.1) is 5.41 Å². The molecule has 6 rings (SSSR count). The fraction of sp³-hybridized carbons (Fsp3) is 0.633. The van der Waals surface area contributed by atoms with E-state index in [9.17, 15) is 5.11 Å². The van der Waals surface area contributed by atoms with E-state index in [4.69, 9.17) is 9.72 Å². The van der Waals surface area contributed by atoms with Crippen molar-refractivity contribution in [2.24, 2.45) is 5.41 Å². The number of aliphatic hydroxyl groups is 1. The highest BCUT2D eigenvalue weighted by Crippen LogP contribution is 2.61. The quantitative estimate of drug-likeness (QED) is 0.536. The van der Waals surface area contributed by atoms with Crippen LogP contribution >= 0.6 is 0 Å². The topological polar surface area (TPSA) is 42.4 Å². The number of aromatic nitrogens is 1. The molecule has 1 aliphatic heterocycles. The summed E-state index contributed by atoms with van der Waals surface area (Å²) in [5.74, 6) is 0.851. The second-order valence-corrected chi connectivity index (χ2v) is 12.1. The van der Waals surface area contributed by atoms with E-state index >= 15 is 0 Å². The summed E-state index contributed by atoms with van der Waals surface area (Å²) in [5, 5.41) is 11.6. The van der Waals surface area contributed by atoms with Crippen LogP contribution in [0.2, 0.25) is 0 Å². The first-order valence-corrected chi connectivity index (χ1v) is 13.4. The normalized spacial score (nSPS) is 26.8. The summed E-state index contributed by atoms with van der Waals surface area (Å²) in [6.07, 6.45) is 9.76. The molecule has 1 N–H and O–H groups in total. The minimum absolute atomic E-state index is 0.0821. The van der Waals surface area contributed by atoms with Crippen LogP contribution in [0.3, 0.4) is 0 Å². The lowest BCUT2D eigenvalue weighted by molar-refractivity contribution is -0.0586. The van der Waals surface area contributed by atoms with Gasteiger partial charge in [-0.1, -0.05) is 71.2 Å². The first-order chi connectivity index (χ1) is 15.8. The van der Waals surface area contributed by atoms with Gasteiger partial charge >= 0.3 is 0 Å². The molecule has 176 valence electrons. The van der Waals surface area contributed by atoms with E-state index in [-0.39, 0.29) is 17.1 Å². The summed E-state index contributed by atoms with van der Waals surface area (Å²) in [6, 6.07) is 9.06. The summed E-state index contributed by atoms with van der Waals surface area (Å²) >= 11 is 0. The highest BCUT2D eigenvalue weighted by Gasteiger charge is 2.54. The molecule has 2 atom stereocenters. The first kappa shape index (κ1) is 21.8. The zero-order valence-electron chi connectivity index (χ0n) is 20.8. The Kier molecular flexibility index (Phi) is 5.05. The summed E-state index contributed by atoms with van der Waals surface area (Å²) in [6.45, 7) is 9.03. The molecule has 0 bridgehead atoms. The number of hydrogen-bond acceptors (Lipinski definition) is 3. The van der Waals surface area contributed by atoms with E-state index < -0.39 is 6.10 Å². The van der Waals surface area contributed by atoms with Gasteiger partial charge < -0.3 is 9.84 Å². The van der Waals surface area contributed by atoms with Crippen LogP contribution in [-0.2, 0) is 16.8 Å². The van der Waals surface area contributed by atoms with Crippen molar-refractivity contribution < 1.29 is 9.84 Å². The standard InChI is InChI=1S/C30H39NO2/c1-18(2)20-8-10-21(11-9-20)28-25-26(30(33-28)14-5-6-15-30)24-22(31-27(25)19(3)4)16-29(12-7-13-29)17-23(24)32/h8-11,18-19,23,28,32H,5-7,12-17H2,1-4H3/t23-,28?/m0/s1. The van der Waals surface area contributed by atoms with E-state index in [2.05, 4.69) is 52.0 Å². The molecule has 2 heterocycles. The Bertz CT molecular complexity index is 1060. The number of ether oxygens (including phenoxy) is 1. The van der Waals surface area contributed by atoms with Gasteiger partial charge in [0.05, 0.1) is 11.7 Å². The van der Waals surface area contributed by atoms with Crippen LogP contribution in [0.25, 0.3) is 0 Å². The van der Waals surface area contributed by atoms with Crippen LogP contribution in [0.5, 0.6) is 0 Å². The number of pyridine rings is 1. The smallest absolute Gasteiger partial charge is 0.111 e. The molecule has 33 heavy (non-hydrogen) atoms. The van der Waals surface area contributed by atoms with Crippen LogP contribution in [-0.4, -0.2) is 10.1 Å². The molecule has 2 saturated carbocycles. The second-order valence-electron chi connectivity index (χ2n) is 12.1. The molecule has 3 heteroatoms. The Balaban J connectivity index is 1.56. The van der Waals surface area contributed by atoms with Crippen molar-refractivity contribution in [3.8, 4) is 0 Å². The Labute approximate surface area is 199 Å². The van der Waals surface area contributed by atoms with Crippen molar-refractivity contribution in [2.45, 2.75) is 115 Å². The minimum atomic E-state index is -0.403. The minimum Gasteiger partial charge on any atom is -0.388 e. The molecule has 4 aliphatic rings. The van der Waals surface area contributed by atoms with Gasteiger partial charge in [-0.05, 0) is 72.5 Å². The highest BCUT2D eigenvalue weighted by molar-refractivity contribution is 5.54. The van der Waals surface area contributed by atoms with Gasteiger partial charge in [0.1, 0.15) is 6.10 Å². The van der Waals surface area contributed by atoms with Gasteiger partial charge in [-0.25, -0.2) is 0 Å². The van der Waals surface area contributed by atoms with Gasteiger partial charge in [0.15, 0.2) is 0 Å². The molecular weight excluding hydrogens is 406 g/mol. The molecule has 0 radical (unpaired) electrons. The monoisotopic (exact) mass is 445 g/mol. The van der Waals surface area contributed by atoms with Crippen molar-refractivity contribution in [1.82, 2.24) is 4.98 Å². The zero-order valence-corrected chi connectivity index (χ0v) is 20.8. The molecule has 3 aliphatic carbocycles. The maximum absolute atomic E-state index is 11.6. The Morgan fingerprint density at radius 1 is 0.909 bits per heavy atom. The molecule has 0 saturated heterocycles. The van der Waals surface area contributed by atoms with E-state index in [0.29, 0.717) is 11.8 Å². The number of nitrogens with zero attached hydrogens (tertiary/aromatic N) is 1. The predicted octanol–water partition coefficient (Wildman–Crippen LogP) is 7.37. The third-order valence-electron chi connectivity index (χ3n) is 9.22.